The Kier molecular flexibility index (Phi) is 5.50. The molecule has 1 aromatic heterocycles. The molecule has 2 aromatic carbocycles. The van der Waals surface area contributed by atoms with E-state index in [4.69, 9.17) is 20.8 Å². The van der Waals surface area contributed by atoms with Gasteiger partial charge < -0.3 is 9.15 Å². The average Bonchev–Trinajstić information content (AvgIpc) is 2.92. The molecule has 0 aliphatic heterocycles. The van der Waals surface area contributed by atoms with E-state index in [-0.39, 0.29) is 27.8 Å². The number of benzene rings is 2. The van der Waals surface area contributed by atoms with E-state index >= 15 is 0 Å². The molecule has 0 unspecified atom stereocenters. The number of hydrogen-bond acceptors (Lipinski definition) is 5. The van der Waals surface area contributed by atoms with Gasteiger partial charge in [0.1, 0.15) is 11.3 Å². The molecule has 142 valence electrons. The third kappa shape index (κ3) is 3.97. The lowest BCUT2D eigenvalue weighted by Gasteiger charge is -2.09. The smallest absolute Gasteiger partial charge is 0.342 e. The molecule has 0 aliphatic rings. The number of furan rings is 1. The Labute approximate surface area is 169 Å². The highest BCUT2D eigenvalue weighted by atomic mass is 79.9. The van der Waals surface area contributed by atoms with E-state index in [0.29, 0.717) is 16.7 Å². The van der Waals surface area contributed by atoms with E-state index < -0.39 is 16.0 Å². The highest BCUT2D eigenvalue weighted by molar-refractivity contribution is 9.10. The molecule has 1 heterocycles. The van der Waals surface area contributed by atoms with Crippen LogP contribution in [-0.2, 0) is 14.8 Å². The lowest BCUT2D eigenvalue weighted by Crippen LogP contribution is -2.13. The molecular formula is C18H15BrClNO5S. The van der Waals surface area contributed by atoms with Gasteiger partial charge in [-0.1, -0.05) is 27.5 Å². The average molecular weight is 473 g/mol. The molecule has 0 aliphatic carbocycles. The number of ether oxygens (including phenoxy) is 1. The predicted molar refractivity (Wildman–Crippen MR) is 107 cm³/mol. The monoisotopic (exact) mass is 471 g/mol. The molecule has 0 atom stereocenters. The van der Waals surface area contributed by atoms with Gasteiger partial charge in [0, 0.05) is 9.86 Å². The van der Waals surface area contributed by atoms with Gasteiger partial charge in [0.15, 0.2) is 5.58 Å². The highest BCUT2D eigenvalue weighted by Crippen LogP contribution is 2.35. The van der Waals surface area contributed by atoms with Crippen molar-refractivity contribution in [3.63, 3.8) is 0 Å². The number of aryl methyl sites for hydroxylation is 1. The zero-order valence-corrected chi connectivity index (χ0v) is 17.5. The summed E-state index contributed by atoms with van der Waals surface area (Å²) >= 11 is 9.50. The van der Waals surface area contributed by atoms with Gasteiger partial charge in [0.2, 0.25) is 0 Å². The van der Waals surface area contributed by atoms with Crippen LogP contribution in [0.25, 0.3) is 11.0 Å². The summed E-state index contributed by atoms with van der Waals surface area (Å²) in [7, 11) is -3.83. The summed E-state index contributed by atoms with van der Waals surface area (Å²) in [6, 6.07) is 9.13. The lowest BCUT2D eigenvalue weighted by atomic mass is 10.1. The van der Waals surface area contributed by atoms with Crippen molar-refractivity contribution in [1.29, 1.82) is 0 Å². The van der Waals surface area contributed by atoms with Gasteiger partial charge in [-0.3, -0.25) is 4.72 Å². The van der Waals surface area contributed by atoms with E-state index in [9.17, 15) is 13.2 Å². The fraction of sp³-hybridized carbons (Fsp3) is 0.167. The number of anilines is 1. The van der Waals surface area contributed by atoms with Crippen LogP contribution in [0.5, 0.6) is 0 Å². The van der Waals surface area contributed by atoms with Crippen molar-refractivity contribution in [2.75, 3.05) is 11.3 Å². The maximum atomic E-state index is 12.6. The number of nitrogens with one attached hydrogen (secondary N) is 1. The number of carbonyl (C=O) groups excluding carboxylic acids is 1. The van der Waals surface area contributed by atoms with Gasteiger partial charge in [-0.05, 0) is 50.2 Å². The number of hydrogen-bond donors (Lipinski definition) is 1. The molecule has 9 heteroatoms. The van der Waals surface area contributed by atoms with Crippen LogP contribution in [0, 0.1) is 6.92 Å². The molecule has 0 saturated heterocycles. The summed E-state index contributed by atoms with van der Waals surface area (Å²) in [4.78, 5) is 12.3. The zero-order chi connectivity index (χ0) is 19.8. The molecule has 1 N–H and O–H groups in total. The first kappa shape index (κ1) is 19.7. The molecule has 3 rings (SSSR count). The Morgan fingerprint density at radius 3 is 2.56 bits per heavy atom. The Bertz CT molecular complexity index is 1120. The number of fused-ring (bicyclic) bond motifs is 1. The maximum Gasteiger partial charge on any atom is 0.342 e. The van der Waals surface area contributed by atoms with Crippen LogP contribution < -0.4 is 4.72 Å². The number of esters is 1. The van der Waals surface area contributed by atoms with Crippen molar-refractivity contribution in [3.05, 3.63) is 57.2 Å². The Hall–Kier alpha value is -2.03. The molecule has 6 nitrogen and oxygen atoms in total. The summed E-state index contributed by atoms with van der Waals surface area (Å²) in [6.07, 6.45) is 0. The lowest BCUT2D eigenvalue weighted by molar-refractivity contribution is 0.0526. The molecule has 0 saturated carbocycles. The standard InChI is InChI=1S/C18H15BrClNO5S/c1-3-25-18(22)16-10(2)26-17-14(16)8-12(9-15(17)20)21-27(23,24)13-6-4-11(19)5-7-13/h4-9,21H,3H2,1-2H3. The second-order valence-electron chi connectivity index (χ2n) is 5.65. The van der Waals surface area contributed by atoms with Crippen LogP contribution in [0.4, 0.5) is 5.69 Å². The summed E-state index contributed by atoms with van der Waals surface area (Å²) in [5.74, 6) is -0.212. The van der Waals surface area contributed by atoms with Crippen LogP contribution in [-0.4, -0.2) is 21.0 Å². The van der Waals surface area contributed by atoms with Gasteiger partial charge >= 0.3 is 5.97 Å². The highest BCUT2D eigenvalue weighted by Gasteiger charge is 2.23. The fourth-order valence-electron chi connectivity index (χ4n) is 2.62. The second-order valence-corrected chi connectivity index (χ2v) is 8.65. The van der Waals surface area contributed by atoms with E-state index in [1.54, 1.807) is 26.0 Å². The molecule has 0 radical (unpaired) electrons. The van der Waals surface area contributed by atoms with Crippen LogP contribution in [0.2, 0.25) is 5.02 Å². The van der Waals surface area contributed by atoms with Gasteiger partial charge in [0.25, 0.3) is 10.0 Å². The first-order chi connectivity index (χ1) is 12.7. The minimum absolute atomic E-state index is 0.0934. The largest absolute Gasteiger partial charge is 0.462 e. The van der Waals surface area contributed by atoms with Crippen LogP contribution in [0.3, 0.4) is 0 Å². The normalized spacial score (nSPS) is 11.6. The van der Waals surface area contributed by atoms with Crippen molar-refractivity contribution >= 4 is 60.2 Å². The van der Waals surface area contributed by atoms with E-state index in [1.807, 2.05) is 0 Å². The fourth-order valence-corrected chi connectivity index (χ4v) is 4.18. The molecule has 27 heavy (non-hydrogen) atoms. The molecular weight excluding hydrogens is 458 g/mol. The van der Waals surface area contributed by atoms with E-state index in [0.717, 1.165) is 4.47 Å². The minimum Gasteiger partial charge on any atom is -0.462 e. The van der Waals surface area contributed by atoms with E-state index in [1.165, 1.54) is 24.3 Å². The predicted octanol–water partition coefficient (Wildman–Crippen LogP) is 5.13. The molecule has 0 fully saturated rings. The quantitative estimate of drug-likeness (QED) is 0.520. The number of rotatable bonds is 5. The third-order valence-corrected chi connectivity index (χ3v) is 5.98. The van der Waals surface area contributed by atoms with Crippen LogP contribution in [0.1, 0.15) is 23.0 Å². The van der Waals surface area contributed by atoms with Gasteiger partial charge in [0.05, 0.1) is 22.2 Å². The summed E-state index contributed by atoms with van der Waals surface area (Å²) < 4.78 is 39.1. The number of sulfonamides is 1. The topological polar surface area (TPSA) is 85.6 Å². The molecule has 0 bridgehead atoms. The summed E-state index contributed by atoms with van der Waals surface area (Å²) in [6.45, 7) is 3.52. The zero-order valence-electron chi connectivity index (χ0n) is 14.4. The van der Waals surface area contributed by atoms with Crippen LogP contribution >= 0.6 is 27.5 Å². The molecule has 0 spiro atoms. The summed E-state index contributed by atoms with van der Waals surface area (Å²) in [5.41, 5.74) is 0.726. The van der Waals surface area contributed by atoms with Crippen molar-refractivity contribution in [3.8, 4) is 0 Å². The first-order valence-corrected chi connectivity index (χ1v) is 10.6. The van der Waals surface area contributed by atoms with Gasteiger partial charge in [-0.15, -0.1) is 0 Å². The van der Waals surface area contributed by atoms with Crippen molar-refractivity contribution in [2.24, 2.45) is 0 Å². The SMILES string of the molecule is CCOC(=O)c1c(C)oc2c(Cl)cc(NS(=O)(=O)c3ccc(Br)cc3)cc12. The van der Waals surface area contributed by atoms with Crippen molar-refractivity contribution in [1.82, 2.24) is 0 Å². The molecule has 3 aromatic rings. The number of halogens is 2. The number of carbonyl (C=O) groups is 1. The van der Waals surface area contributed by atoms with Crippen molar-refractivity contribution in [2.45, 2.75) is 18.7 Å². The second kappa shape index (κ2) is 7.53. The Balaban J connectivity index is 2.06. The third-order valence-electron chi connectivity index (χ3n) is 3.78. The minimum atomic E-state index is -3.83. The Morgan fingerprint density at radius 2 is 1.93 bits per heavy atom. The van der Waals surface area contributed by atoms with Crippen molar-refractivity contribution < 1.29 is 22.4 Å². The molecule has 0 amide bonds. The first-order valence-electron chi connectivity index (χ1n) is 7.91. The summed E-state index contributed by atoms with van der Waals surface area (Å²) in [5, 5.41) is 0.562. The van der Waals surface area contributed by atoms with Crippen LogP contribution in [0.15, 0.2) is 50.2 Å². The van der Waals surface area contributed by atoms with E-state index in [2.05, 4.69) is 20.7 Å². The van der Waals surface area contributed by atoms with Gasteiger partial charge in [-0.2, -0.15) is 0 Å². The maximum absolute atomic E-state index is 12.6. The van der Waals surface area contributed by atoms with Gasteiger partial charge in [-0.25, -0.2) is 13.2 Å². The Morgan fingerprint density at radius 1 is 1.26 bits per heavy atom.